The first kappa shape index (κ1) is 12.8. The number of carbonyl (C=O) groups excluding carboxylic acids is 2. The van der Waals surface area contributed by atoms with Gasteiger partial charge in [0.2, 0.25) is 6.41 Å². The highest BCUT2D eigenvalue weighted by Gasteiger charge is 2.03. The Labute approximate surface area is 99.0 Å². The molecule has 1 aromatic rings. The van der Waals surface area contributed by atoms with E-state index < -0.39 is 6.03 Å². The lowest BCUT2D eigenvalue weighted by Crippen LogP contribution is -2.31. The number of hydrogen-bond donors (Lipinski definition) is 4. The molecule has 3 amide bonds. The molecule has 0 aliphatic carbocycles. The number of hydrogen-bond acceptors (Lipinski definition) is 3. The second-order valence-electron chi connectivity index (χ2n) is 3.32. The van der Waals surface area contributed by atoms with Gasteiger partial charge in [0.25, 0.3) is 0 Å². The molecule has 0 aromatic heterocycles. The molecular formula is C11H15N3O3. The van der Waals surface area contributed by atoms with Gasteiger partial charge in [-0.3, -0.25) is 4.79 Å². The van der Waals surface area contributed by atoms with Gasteiger partial charge in [-0.1, -0.05) is 12.1 Å². The Morgan fingerprint density at radius 2 is 2.06 bits per heavy atom. The van der Waals surface area contributed by atoms with E-state index in [2.05, 4.69) is 16.0 Å². The van der Waals surface area contributed by atoms with E-state index in [-0.39, 0.29) is 5.75 Å². The molecule has 0 heterocycles. The Morgan fingerprint density at radius 1 is 1.29 bits per heavy atom. The van der Waals surface area contributed by atoms with Crippen LogP contribution in [-0.4, -0.2) is 30.6 Å². The summed E-state index contributed by atoms with van der Waals surface area (Å²) in [7, 11) is 0. The molecule has 0 atom stereocenters. The fourth-order valence-electron chi connectivity index (χ4n) is 1.20. The van der Waals surface area contributed by atoms with Crippen LogP contribution in [0, 0.1) is 0 Å². The summed E-state index contributed by atoms with van der Waals surface area (Å²) in [4.78, 5) is 21.3. The molecule has 0 saturated heterocycles. The van der Waals surface area contributed by atoms with Gasteiger partial charge in [0.15, 0.2) is 0 Å². The molecule has 0 aliphatic rings. The number of phenolic OH excluding ortho intramolecular Hbond substituents is 1. The number of aromatic hydroxyl groups is 1. The molecule has 1 rings (SSSR count). The van der Waals surface area contributed by atoms with Gasteiger partial charge < -0.3 is 21.1 Å². The standard InChI is InChI=1S/C11H15N3O3/c15-8-12-6-3-7-13-11(17)14-9-4-1-2-5-10(9)16/h1-2,4-5,8,16H,3,6-7H2,(H,12,15)(H2,13,14,17). The van der Waals surface area contributed by atoms with Gasteiger partial charge in [-0.15, -0.1) is 0 Å². The highest BCUT2D eigenvalue weighted by molar-refractivity contribution is 5.90. The predicted octanol–water partition coefficient (Wildman–Crippen LogP) is 0.650. The molecule has 4 N–H and O–H groups in total. The number of nitrogens with one attached hydrogen (secondary N) is 3. The van der Waals surface area contributed by atoms with Crippen molar-refractivity contribution >= 4 is 18.1 Å². The van der Waals surface area contributed by atoms with Crippen molar-refractivity contribution in [3.05, 3.63) is 24.3 Å². The summed E-state index contributed by atoms with van der Waals surface area (Å²) in [6.45, 7) is 0.959. The van der Waals surface area contributed by atoms with Crippen molar-refractivity contribution in [1.82, 2.24) is 10.6 Å². The number of carbonyl (C=O) groups is 2. The SMILES string of the molecule is O=CNCCCNC(=O)Nc1ccccc1O. The lowest BCUT2D eigenvalue weighted by atomic mass is 10.3. The summed E-state index contributed by atoms with van der Waals surface area (Å²) in [5.41, 5.74) is 0.357. The summed E-state index contributed by atoms with van der Waals surface area (Å²) in [5, 5.41) is 17.0. The molecule has 0 bridgehead atoms. The molecule has 0 unspecified atom stereocenters. The van der Waals surface area contributed by atoms with Gasteiger partial charge in [-0.25, -0.2) is 4.79 Å². The van der Waals surface area contributed by atoms with Crippen LogP contribution in [0.1, 0.15) is 6.42 Å². The highest BCUT2D eigenvalue weighted by Crippen LogP contribution is 2.20. The number of amides is 3. The van der Waals surface area contributed by atoms with Crippen molar-refractivity contribution in [3.8, 4) is 5.75 Å². The zero-order valence-corrected chi connectivity index (χ0v) is 9.27. The first-order valence-electron chi connectivity index (χ1n) is 5.24. The average Bonchev–Trinajstić information content (AvgIpc) is 2.32. The lowest BCUT2D eigenvalue weighted by Gasteiger charge is -2.08. The molecule has 92 valence electrons. The maximum absolute atomic E-state index is 11.4. The molecule has 6 nitrogen and oxygen atoms in total. The second-order valence-corrected chi connectivity index (χ2v) is 3.32. The van der Waals surface area contributed by atoms with E-state index in [4.69, 9.17) is 0 Å². The van der Waals surface area contributed by atoms with Crippen LogP contribution in [-0.2, 0) is 4.79 Å². The second kappa shape index (κ2) is 7.10. The van der Waals surface area contributed by atoms with Crippen molar-refractivity contribution in [2.75, 3.05) is 18.4 Å². The summed E-state index contributed by atoms with van der Waals surface area (Å²) in [6.07, 6.45) is 1.26. The molecule has 0 aliphatic heterocycles. The van der Waals surface area contributed by atoms with E-state index in [9.17, 15) is 14.7 Å². The zero-order chi connectivity index (χ0) is 12.5. The Bertz CT molecular complexity index is 382. The minimum Gasteiger partial charge on any atom is -0.506 e. The largest absolute Gasteiger partial charge is 0.506 e. The molecule has 1 aromatic carbocycles. The Morgan fingerprint density at radius 3 is 2.76 bits per heavy atom. The molecule has 17 heavy (non-hydrogen) atoms. The number of para-hydroxylation sites is 2. The van der Waals surface area contributed by atoms with Crippen LogP contribution < -0.4 is 16.0 Å². The van der Waals surface area contributed by atoms with E-state index in [1.165, 1.54) is 6.07 Å². The number of urea groups is 1. The van der Waals surface area contributed by atoms with Gasteiger partial charge in [0, 0.05) is 13.1 Å². The molecule has 0 fully saturated rings. The lowest BCUT2D eigenvalue weighted by molar-refractivity contribution is -0.109. The van der Waals surface area contributed by atoms with Crippen LogP contribution in [0.2, 0.25) is 0 Å². The molecule has 0 radical (unpaired) electrons. The van der Waals surface area contributed by atoms with E-state index in [0.29, 0.717) is 31.6 Å². The first-order chi connectivity index (χ1) is 8.24. The number of phenols is 1. The summed E-state index contributed by atoms with van der Waals surface area (Å²) >= 11 is 0. The summed E-state index contributed by atoms with van der Waals surface area (Å²) in [5.74, 6) is 0.0188. The molecular weight excluding hydrogens is 222 g/mol. The maximum Gasteiger partial charge on any atom is 0.319 e. The third-order valence-corrected chi connectivity index (χ3v) is 2.02. The maximum atomic E-state index is 11.4. The van der Waals surface area contributed by atoms with Crippen LogP contribution >= 0.6 is 0 Å². The minimum absolute atomic E-state index is 0.0188. The number of benzene rings is 1. The topological polar surface area (TPSA) is 90.5 Å². The van der Waals surface area contributed by atoms with Crippen LogP contribution in [0.3, 0.4) is 0 Å². The van der Waals surface area contributed by atoms with Crippen molar-refractivity contribution < 1.29 is 14.7 Å². The Hall–Kier alpha value is -2.24. The first-order valence-corrected chi connectivity index (χ1v) is 5.24. The van der Waals surface area contributed by atoms with Gasteiger partial charge in [-0.05, 0) is 18.6 Å². The van der Waals surface area contributed by atoms with Gasteiger partial charge in [-0.2, -0.15) is 0 Å². The van der Waals surface area contributed by atoms with Crippen LogP contribution in [0.15, 0.2) is 24.3 Å². The Balaban J connectivity index is 2.25. The minimum atomic E-state index is -0.391. The van der Waals surface area contributed by atoms with E-state index in [0.717, 1.165) is 0 Å². The fraction of sp³-hybridized carbons (Fsp3) is 0.273. The third kappa shape index (κ3) is 4.87. The van der Waals surface area contributed by atoms with E-state index >= 15 is 0 Å². The fourth-order valence-corrected chi connectivity index (χ4v) is 1.20. The van der Waals surface area contributed by atoms with Crippen LogP contribution in [0.4, 0.5) is 10.5 Å². The highest BCUT2D eigenvalue weighted by atomic mass is 16.3. The normalized spacial score (nSPS) is 9.41. The summed E-state index contributed by atoms with van der Waals surface area (Å²) in [6, 6.07) is 6.08. The number of rotatable bonds is 6. The summed E-state index contributed by atoms with van der Waals surface area (Å²) < 4.78 is 0. The monoisotopic (exact) mass is 237 g/mol. The van der Waals surface area contributed by atoms with Crippen molar-refractivity contribution in [1.29, 1.82) is 0 Å². The molecule has 0 spiro atoms. The third-order valence-electron chi connectivity index (χ3n) is 2.02. The van der Waals surface area contributed by atoms with Crippen LogP contribution in [0.25, 0.3) is 0 Å². The van der Waals surface area contributed by atoms with Crippen molar-refractivity contribution in [3.63, 3.8) is 0 Å². The van der Waals surface area contributed by atoms with Gasteiger partial charge in [0.1, 0.15) is 5.75 Å². The zero-order valence-electron chi connectivity index (χ0n) is 9.27. The average molecular weight is 237 g/mol. The number of anilines is 1. The molecule has 0 saturated carbocycles. The van der Waals surface area contributed by atoms with Gasteiger partial charge >= 0.3 is 6.03 Å². The van der Waals surface area contributed by atoms with Crippen molar-refractivity contribution in [2.45, 2.75) is 6.42 Å². The van der Waals surface area contributed by atoms with E-state index in [1.807, 2.05) is 0 Å². The smallest absolute Gasteiger partial charge is 0.319 e. The van der Waals surface area contributed by atoms with Gasteiger partial charge in [0.05, 0.1) is 5.69 Å². The van der Waals surface area contributed by atoms with E-state index in [1.54, 1.807) is 18.2 Å². The predicted molar refractivity (Wildman–Crippen MR) is 63.8 cm³/mol. The molecule has 6 heteroatoms. The quantitative estimate of drug-likeness (QED) is 0.332. The Kier molecular flexibility index (Phi) is 5.36. The van der Waals surface area contributed by atoms with Crippen LogP contribution in [0.5, 0.6) is 5.75 Å². The van der Waals surface area contributed by atoms with Crippen molar-refractivity contribution in [2.24, 2.45) is 0 Å².